The fraction of sp³-hybridized carbons (Fsp3) is 0.0435. The van der Waals surface area contributed by atoms with E-state index in [1.54, 1.807) is 12.1 Å². The fourth-order valence-corrected chi connectivity index (χ4v) is 3.02. The Balaban J connectivity index is 1.34. The summed E-state index contributed by atoms with van der Waals surface area (Å²) < 4.78 is 5.67. The van der Waals surface area contributed by atoms with Crippen LogP contribution in [0.1, 0.15) is 10.5 Å². The van der Waals surface area contributed by atoms with Gasteiger partial charge in [-0.05, 0) is 23.8 Å². The largest absolute Gasteiger partial charge is 0.483 e. The van der Waals surface area contributed by atoms with Crippen molar-refractivity contribution >= 4 is 22.7 Å². The Bertz CT molecular complexity index is 1120. The maximum absolute atomic E-state index is 12.2. The first-order valence-corrected chi connectivity index (χ1v) is 9.15. The summed E-state index contributed by atoms with van der Waals surface area (Å²) in [6, 6.07) is 26.5. The molecule has 1 aromatic heterocycles. The lowest BCUT2D eigenvalue weighted by atomic mass is 10.1. The highest BCUT2D eigenvalue weighted by Gasteiger charge is 2.12. The van der Waals surface area contributed by atoms with Gasteiger partial charge < -0.3 is 9.72 Å². The Hall–Kier alpha value is -4.06. The van der Waals surface area contributed by atoms with Crippen molar-refractivity contribution in [1.82, 2.24) is 15.8 Å². The van der Waals surface area contributed by atoms with Gasteiger partial charge in [0.15, 0.2) is 6.61 Å². The van der Waals surface area contributed by atoms with Crippen LogP contribution in [-0.2, 0) is 4.79 Å². The fourth-order valence-electron chi connectivity index (χ4n) is 3.02. The van der Waals surface area contributed by atoms with Gasteiger partial charge in [-0.15, -0.1) is 0 Å². The molecule has 3 aromatic carbocycles. The predicted octanol–water partition coefficient (Wildman–Crippen LogP) is 3.67. The number of carbonyl (C=O) groups is 2. The number of rotatable bonds is 5. The monoisotopic (exact) mass is 385 g/mol. The predicted molar refractivity (Wildman–Crippen MR) is 111 cm³/mol. The van der Waals surface area contributed by atoms with E-state index in [0.717, 1.165) is 22.0 Å². The normalized spacial score (nSPS) is 10.5. The Labute approximate surface area is 167 Å². The van der Waals surface area contributed by atoms with E-state index in [1.165, 1.54) is 0 Å². The van der Waals surface area contributed by atoms with E-state index in [9.17, 15) is 9.59 Å². The average molecular weight is 385 g/mol. The van der Waals surface area contributed by atoms with E-state index in [-0.39, 0.29) is 6.61 Å². The molecule has 1 heterocycles. The second kappa shape index (κ2) is 8.31. The van der Waals surface area contributed by atoms with Gasteiger partial charge in [-0.3, -0.25) is 20.4 Å². The minimum absolute atomic E-state index is 0.225. The number of ether oxygens (including phenoxy) is 1. The van der Waals surface area contributed by atoms with Crippen LogP contribution in [0.4, 0.5) is 0 Å². The highest BCUT2D eigenvalue weighted by atomic mass is 16.5. The van der Waals surface area contributed by atoms with Crippen LogP contribution in [0.25, 0.3) is 22.0 Å². The number of hydrogen-bond acceptors (Lipinski definition) is 3. The van der Waals surface area contributed by atoms with E-state index < -0.39 is 11.8 Å². The van der Waals surface area contributed by atoms with Crippen molar-refractivity contribution in [1.29, 1.82) is 0 Å². The van der Waals surface area contributed by atoms with Crippen LogP contribution in [0.2, 0.25) is 0 Å². The summed E-state index contributed by atoms with van der Waals surface area (Å²) in [4.78, 5) is 27.4. The van der Waals surface area contributed by atoms with Crippen LogP contribution in [0, 0.1) is 0 Å². The third-order valence-corrected chi connectivity index (χ3v) is 4.42. The van der Waals surface area contributed by atoms with Gasteiger partial charge in [0.1, 0.15) is 11.4 Å². The molecule has 4 aromatic rings. The lowest BCUT2D eigenvalue weighted by Gasteiger charge is -2.12. The Morgan fingerprint density at radius 1 is 0.828 bits per heavy atom. The molecule has 0 unspecified atom stereocenters. The SMILES string of the molecule is O=C(COc1ccccc1-c1ccccc1)NNC(=O)c1cc2ccccc2[nH]1. The highest BCUT2D eigenvalue weighted by Crippen LogP contribution is 2.29. The maximum Gasteiger partial charge on any atom is 0.286 e. The van der Waals surface area contributed by atoms with Crippen LogP contribution in [0.3, 0.4) is 0 Å². The van der Waals surface area contributed by atoms with Crippen molar-refractivity contribution in [2.45, 2.75) is 0 Å². The Morgan fingerprint density at radius 3 is 2.38 bits per heavy atom. The van der Waals surface area contributed by atoms with Crippen molar-refractivity contribution in [2.75, 3.05) is 6.61 Å². The Morgan fingerprint density at radius 2 is 1.55 bits per heavy atom. The van der Waals surface area contributed by atoms with Crippen LogP contribution in [0.15, 0.2) is 84.9 Å². The van der Waals surface area contributed by atoms with E-state index >= 15 is 0 Å². The minimum Gasteiger partial charge on any atom is -0.483 e. The third kappa shape index (κ3) is 4.27. The molecule has 0 saturated heterocycles. The lowest BCUT2D eigenvalue weighted by molar-refractivity contribution is -0.123. The number of fused-ring (bicyclic) bond motifs is 1. The molecule has 144 valence electrons. The van der Waals surface area contributed by atoms with Gasteiger partial charge in [-0.2, -0.15) is 0 Å². The molecular formula is C23H19N3O3. The van der Waals surface area contributed by atoms with Crippen molar-refractivity contribution in [3.8, 4) is 16.9 Å². The molecule has 0 aliphatic carbocycles. The summed E-state index contributed by atoms with van der Waals surface area (Å²) in [6.45, 7) is -0.225. The number of aromatic nitrogens is 1. The topological polar surface area (TPSA) is 83.2 Å². The number of H-pyrrole nitrogens is 1. The quantitative estimate of drug-likeness (QED) is 0.458. The summed E-state index contributed by atoms with van der Waals surface area (Å²) in [6.07, 6.45) is 0. The van der Waals surface area contributed by atoms with Gasteiger partial charge in [0.2, 0.25) is 0 Å². The second-order valence-corrected chi connectivity index (χ2v) is 6.42. The summed E-state index contributed by atoms with van der Waals surface area (Å²) >= 11 is 0. The van der Waals surface area contributed by atoms with Gasteiger partial charge >= 0.3 is 0 Å². The van der Waals surface area contributed by atoms with Crippen LogP contribution < -0.4 is 15.6 Å². The summed E-state index contributed by atoms with van der Waals surface area (Å²) in [5, 5.41) is 0.921. The van der Waals surface area contributed by atoms with E-state index in [4.69, 9.17) is 4.74 Å². The molecule has 0 aliphatic heterocycles. The van der Waals surface area contributed by atoms with Gasteiger partial charge in [0, 0.05) is 16.5 Å². The number of hydrogen-bond donors (Lipinski definition) is 3. The maximum atomic E-state index is 12.2. The molecule has 0 spiro atoms. The number of amides is 2. The van der Waals surface area contributed by atoms with Gasteiger partial charge in [-0.1, -0.05) is 66.7 Å². The van der Waals surface area contributed by atoms with Crippen molar-refractivity contribution in [2.24, 2.45) is 0 Å². The molecule has 29 heavy (non-hydrogen) atoms. The molecule has 0 fully saturated rings. The number of aromatic amines is 1. The van der Waals surface area contributed by atoms with Crippen LogP contribution in [0.5, 0.6) is 5.75 Å². The van der Waals surface area contributed by atoms with Crippen molar-refractivity contribution in [3.63, 3.8) is 0 Å². The second-order valence-electron chi connectivity index (χ2n) is 6.42. The first-order valence-electron chi connectivity index (χ1n) is 9.15. The minimum atomic E-state index is -0.461. The number of benzene rings is 3. The molecule has 6 heteroatoms. The molecule has 0 aliphatic rings. The molecule has 6 nitrogen and oxygen atoms in total. The first kappa shape index (κ1) is 18.3. The van der Waals surface area contributed by atoms with Crippen molar-refractivity contribution < 1.29 is 14.3 Å². The first-order chi connectivity index (χ1) is 14.2. The van der Waals surface area contributed by atoms with Crippen molar-refractivity contribution in [3.05, 3.63) is 90.6 Å². The Kier molecular flexibility index (Phi) is 5.25. The average Bonchev–Trinajstić information content (AvgIpc) is 3.21. The molecule has 4 rings (SSSR count). The standard InChI is InChI=1S/C23H19N3O3/c27-22(25-26-23(28)20-14-17-10-4-6-12-19(17)24-20)15-29-21-13-7-5-11-18(21)16-8-2-1-3-9-16/h1-14,24H,15H2,(H,25,27)(H,26,28). The molecular weight excluding hydrogens is 366 g/mol. The lowest BCUT2D eigenvalue weighted by Crippen LogP contribution is -2.43. The van der Waals surface area contributed by atoms with E-state index in [1.807, 2.05) is 72.8 Å². The molecule has 0 radical (unpaired) electrons. The number of nitrogens with one attached hydrogen (secondary N) is 3. The number of para-hydroxylation sites is 2. The molecule has 0 bridgehead atoms. The van der Waals surface area contributed by atoms with Gasteiger partial charge in [0.25, 0.3) is 11.8 Å². The zero-order chi connectivity index (χ0) is 20.1. The number of carbonyl (C=O) groups excluding carboxylic acids is 2. The molecule has 0 saturated carbocycles. The molecule has 0 atom stereocenters. The number of hydrazine groups is 1. The highest BCUT2D eigenvalue weighted by molar-refractivity contribution is 5.98. The zero-order valence-electron chi connectivity index (χ0n) is 15.5. The summed E-state index contributed by atoms with van der Waals surface area (Å²) in [5.41, 5.74) is 7.87. The third-order valence-electron chi connectivity index (χ3n) is 4.42. The smallest absolute Gasteiger partial charge is 0.286 e. The molecule has 3 N–H and O–H groups in total. The summed E-state index contributed by atoms with van der Waals surface area (Å²) in [5.74, 6) is -0.299. The van der Waals surface area contributed by atoms with E-state index in [2.05, 4.69) is 15.8 Å². The van der Waals surface area contributed by atoms with Gasteiger partial charge in [0.05, 0.1) is 0 Å². The molecule has 2 amide bonds. The summed E-state index contributed by atoms with van der Waals surface area (Å²) in [7, 11) is 0. The zero-order valence-corrected chi connectivity index (χ0v) is 15.5. The van der Waals surface area contributed by atoms with E-state index in [0.29, 0.717) is 11.4 Å². The van der Waals surface area contributed by atoms with Crippen LogP contribution in [-0.4, -0.2) is 23.4 Å². The van der Waals surface area contributed by atoms with Gasteiger partial charge in [-0.25, -0.2) is 0 Å². The van der Waals surface area contributed by atoms with Crippen LogP contribution >= 0.6 is 0 Å².